The van der Waals surface area contributed by atoms with E-state index in [2.05, 4.69) is 0 Å². The molecule has 0 radical (unpaired) electrons. The van der Waals surface area contributed by atoms with Gasteiger partial charge in [-0.2, -0.15) is 0 Å². The Morgan fingerprint density at radius 3 is 2.55 bits per heavy atom. The third-order valence-electron chi connectivity index (χ3n) is 2.93. The molecule has 0 heterocycles. The van der Waals surface area contributed by atoms with Crippen LogP contribution in [-0.4, -0.2) is 24.3 Å². The Kier molecular flexibility index (Phi) is 4.58. The molecular weight excluding hydrogens is 260 g/mol. The highest BCUT2D eigenvalue weighted by atomic mass is 19.1. The van der Waals surface area contributed by atoms with Gasteiger partial charge in [0.2, 0.25) is 0 Å². The lowest BCUT2D eigenvalue weighted by molar-refractivity contribution is 0.0939. The molecule has 2 aromatic carbocycles. The third kappa shape index (κ3) is 3.71. The summed E-state index contributed by atoms with van der Waals surface area (Å²) in [5.41, 5.74) is 0.854. The van der Waals surface area contributed by atoms with Gasteiger partial charge in [-0.3, -0.25) is 9.69 Å². The third-order valence-corrected chi connectivity index (χ3v) is 2.93. The van der Waals surface area contributed by atoms with Crippen molar-refractivity contribution < 1.29 is 13.6 Å². The largest absolute Gasteiger partial charge is 0.295 e. The van der Waals surface area contributed by atoms with E-state index in [1.165, 1.54) is 24.3 Å². The summed E-state index contributed by atoms with van der Waals surface area (Å²) in [4.78, 5) is 13.7. The standard InChI is InChI=1S/C16H15F2NO/c1-19(10-12-5-4-6-13(17)9-12)11-16(20)14-7-2-3-8-15(14)18/h2-9H,10-11H2,1H3. The predicted molar refractivity (Wildman–Crippen MR) is 73.5 cm³/mol. The SMILES string of the molecule is CN(CC(=O)c1ccccc1F)Cc1cccc(F)c1. The van der Waals surface area contributed by atoms with Crippen molar-refractivity contribution in [1.29, 1.82) is 0 Å². The second-order valence-electron chi connectivity index (χ2n) is 4.71. The maximum atomic E-state index is 13.5. The van der Waals surface area contributed by atoms with Gasteiger partial charge in [0.15, 0.2) is 5.78 Å². The lowest BCUT2D eigenvalue weighted by Gasteiger charge is -2.16. The number of benzene rings is 2. The molecule has 2 aromatic rings. The number of carbonyl (C=O) groups excluding carboxylic acids is 1. The van der Waals surface area contributed by atoms with Crippen LogP contribution >= 0.6 is 0 Å². The van der Waals surface area contributed by atoms with Crippen molar-refractivity contribution in [3.63, 3.8) is 0 Å². The van der Waals surface area contributed by atoms with Gasteiger partial charge in [-0.05, 0) is 36.9 Å². The molecule has 0 fully saturated rings. The van der Waals surface area contributed by atoms with Crippen molar-refractivity contribution in [2.75, 3.05) is 13.6 Å². The first-order valence-corrected chi connectivity index (χ1v) is 6.27. The Bertz CT molecular complexity index is 613. The van der Waals surface area contributed by atoms with Gasteiger partial charge >= 0.3 is 0 Å². The summed E-state index contributed by atoms with van der Waals surface area (Å²) in [5.74, 6) is -1.12. The van der Waals surface area contributed by atoms with Crippen LogP contribution in [0.2, 0.25) is 0 Å². The molecule has 0 aliphatic heterocycles. The van der Waals surface area contributed by atoms with Crippen LogP contribution in [-0.2, 0) is 6.54 Å². The van der Waals surface area contributed by atoms with Crippen molar-refractivity contribution in [2.45, 2.75) is 6.54 Å². The molecular formula is C16H15F2NO. The van der Waals surface area contributed by atoms with Crippen molar-refractivity contribution >= 4 is 5.78 Å². The Labute approximate surface area is 116 Å². The average Bonchev–Trinajstić information content (AvgIpc) is 2.38. The smallest absolute Gasteiger partial charge is 0.179 e. The molecule has 20 heavy (non-hydrogen) atoms. The van der Waals surface area contributed by atoms with Crippen LogP contribution < -0.4 is 0 Å². The fourth-order valence-electron chi connectivity index (χ4n) is 2.02. The zero-order chi connectivity index (χ0) is 14.5. The summed E-state index contributed by atoms with van der Waals surface area (Å²) in [6.45, 7) is 0.509. The maximum absolute atomic E-state index is 13.5. The van der Waals surface area contributed by atoms with E-state index in [9.17, 15) is 13.6 Å². The second kappa shape index (κ2) is 6.39. The molecule has 2 rings (SSSR count). The minimum Gasteiger partial charge on any atom is -0.295 e. The molecule has 0 saturated heterocycles. The van der Waals surface area contributed by atoms with Gasteiger partial charge in [0, 0.05) is 6.54 Å². The number of rotatable bonds is 5. The fraction of sp³-hybridized carbons (Fsp3) is 0.188. The Hall–Kier alpha value is -2.07. The Morgan fingerprint density at radius 1 is 1.10 bits per heavy atom. The van der Waals surface area contributed by atoms with Crippen molar-refractivity contribution in [3.05, 3.63) is 71.3 Å². The molecule has 0 aromatic heterocycles. The first kappa shape index (κ1) is 14.3. The van der Waals surface area contributed by atoms with Crippen molar-refractivity contribution in [1.82, 2.24) is 4.90 Å². The van der Waals surface area contributed by atoms with Crippen LogP contribution in [0.25, 0.3) is 0 Å². The van der Waals surface area contributed by atoms with Crippen LogP contribution in [0, 0.1) is 11.6 Å². The van der Waals surface area contributed by atoms with Gasteiger partial charge in [0.1, 0.15) is 11.6 Å². The van der Waals surface area contributed by atoms with E-state index in [0.717, 1.165) is 5.56 Å². The van der Waals surface area contributed by atoms with Gasteiger partial charge in [-0.15, -0.1) is 0 Å². The summed E-state index contributed by atoms with van der Waals surface area (Å²) in [7, 11) is 1.74. The maximum Gasteiger partial charge on any atom is 0.179 e. The molecule has 0 bridgehead atoms. The molecule has 0 amide bonds. The fourth-order valence-corrected chi connectivity index (χ4v) is 2.02. The molecule has 2 nitrogen and oxygen atoms in total. The molecule has 0 N–H and O–H groups in total. The molecule has 0 spiro atoms. The van der Waals surface area contributed by atoms with E-state index >= 15 is 0 Å². The van der Waals surface area contributed by atoms with Crippen molar-refractivity contribution in [3.8, 4) is 0 Å². The minimum absolute atomic E-state index is 0.0808. The van der Waals surface area contributed by atoms with Crippen LogP contribution in [0.4, 0.5) is 8.78 Å². The summed E-state index contributed by atoms with van der Waals surface area (Å²) in [6.07, 6.45) is 0. The van der Waals surface area contributed by atoms with Gasteiger partial charge < -0.3 is 0 Å². The highest BCUT2D eigenvalue weighted by molar-refractivity contribution is 5.97. The average molecular weight is 275 g/mol. The second-order valence-corrected chi connectivity index (χ2v) is 4.71. The molecule has 0 aliphatic rings. The molecule has 104 valence electrons. The number of carbonyl (C=O) groups is 1. The number of hydrogen-bond donors (Lipinski definition) is 0. The molecule has 0 unspecified atom stereocenters. The summed E-state index contributed by atoms with van der Waals surface area (Å²) >= 11 is 0. The highest BCUT2D eigenvalue weighted by Gasteiger charge is 2.13. The number of ketones is 1. The topological polar surface area (TPSA) is 20.3 Å². The lowest BCUT2D eigenvalue weighted by atomic mass is 10.1. The number of likely N-dealkylation sites (N-methyl/N-ethyl adjacent to an activating group) is 1. The van der Waals surface area contributed by atoms with Crippen LogP contribution in [0.15, 0.2) is 48.5 Å². The van der Waals surface area contributed by atoms with E-state index < -0.39 is 5.82 Å². The van der Waals surface area contributed by atoms with Crippen LogP contribution in [0.1, 0.15) is 15.9 Å². The van der Waals surface area contributed by atoms with Gasteiger partial charge in [0.05, 0.1) is 12.1 Å². The predicted octanol–water partition coefficient (Wildman–Crippen LogP) is 3.28. The van der Waals surface area contributed by atoms with Gasteiger partial charge in [-0.1, -0.05) is 24.3 Å². The lowest BCUT2D eigenvalue weighted by Crippen LogP contribution is -2.26. The monoisotopic (exact) mass is 275 g/mol. The Balaban J connectivity index is 2.00. The van der Waals surface area contributed by atoms with E-state index in [1.54, 1.807) is 36.2 Å². The zero-order valence-electron chi connectivity index (χ0n) is 11.1. The summed E-state index contributed by atoms with van der Waals surface area (Å²) in [6, 6.07) is 12.1. The summed E-state index contributed by atoms with van der Waals surface area (Å²) in [5, 5.41) is 0. The minimum atomic E-state index is -0.517. The van der Waals surface area contributed by atoms with Gasteiger partial charge in [-0.25, -0.2) is 8.78 Å². The molecule has 0 saturated carbocycles. The molecule has 0 atom stereocenters. The van der Waals surface area contributed by atoms with Gasteiger partial charge in [0.25, 0.3) is 0 Å². The number of Topliss-reactive ketones (excluding diaryl/α,β-unsaturated/α-hetero) is 1. The van der Waals surface area contributed by atoms with E-state index in [0.29, 0.717) is 6.54 Å². The first-order valence-electron chi connectivity index (χ1n) is 6.27. The zero-order valence-corrected chi connectivity index (χ0v) is 11.1. The van der Waals surface area contributed by atoms with E-state index in [-0.39, 0.29) is 23.7 Å². The highest BCUT2D eigenvalue weighted by Crippen LogP contribution is 2.10. The molecule has 4 heteroatoms. The number of nitrogens with zero attached hydrogens (tertiary/aromatic N) is 1. The van der Waals surface area contributed by atoms with Crippen LogP contribution in [0.3, 0.4) is 0 Å². The van der Waals surface area contributed by atoms with Crippen molar-refractivity contribution in [2.24, 2.45) is 0 Å². The first-order chi connectivity index (χ1) is 9.56. The quantitative estimate of drug-likeness (QED) is 0.780. The summed E-state index contributed by atoms with van der Waals surface area (Å²) < 4.78 is 26.5. The van der Waals surface area contributed by atoms with Crippen LogP contribution in [0.5, 0.6) is 0 Å². The molecule has 0 aliphatic carbocycles. The Morgan fingerprint density at radius 2 is 1.85 bits per heavy atom. The number of halogens is 2. The number of hydrogen-bond acceptors (Lipinski definition) is 2. The normalized spacial score (nSPS) is 10.8. The van der Waals surface area contributed by atoms with E-state index in [4.69, 9.17) is 0 Å². The van der Waals surface area contributed by atoms with E-state index in [1.807, 2.05) is 0 Å².